The predicted molar refractivity (Wildman–Crippen MR) is 85.2 cm³/mol. The minimum atomic E-state index is -0.275. The highest BCUT2D eigenvalue weighted by atomic mass is 35.5. The number of carbonyl (C=O) groups excluding carboxylic acids is 2. The number of hydrogen-bond donors (Lipinski definition) is 0. The number of amides is 2. The van der Waals surface area contributed by atoms with Crippen LogP contribution in [-0.4, -0.2) is 49.0 Å². The van der Waals surface area contributed by atoms with E-state index in [1.54, 1.807) is 36.0 Å². The van der Waals surface area contributed by atoms with Gasteiger partial charge in [-0.2, -0.15) is 0 Å². The second-order valence-electron chi connectivity index (χ2n) is 5.79. The lowest BCUT2D eigenvalue weighted by atomic mass is 9.97. The predicted octanol–water partition coefficient (Wildman–Crippen LogP) is 2.95. The third kappa shape index (κ3) is 3.91. The van der Waals surface area contributed by atoms with E-state index in [1.807, 2.05) is 13.0 Å². The van der Waals surface area contributed by atoms with Gasteiger partial charge in [0, 0.05) is 27.2 Å². The summed E-state index contributed by atoms with van der Waals surface area (Å²) in [6.45, 7) is 3.06. The van der Waals surface area contributed by atoms with Crippen LogP contribution in [0.1, 0.15) is 18.4 Å². The molecule has 0 aromatic heterocycles. The third-order valence-corrected chi connectivity index (χ3v) is 4.07. The Morgan fingerprint density at radius 3 is 2.45 bits per heavy atom. The zero-order valence-electron chi connectivity index (χ0n) is 13.1. The van der Waals surface area contributed by atoms with Gasteiger partial charge in [0.25, 0.3) is 0 Å². The van der Waals surface area contributed by atoms with Gasteiger partial charge < -0.3 is 14.5 Å². The van der Waals surface area contributed by atoms with E-state index in [9.17, 15) is 9.59 Å². The number of urea groups is 1. The van der Waals surface area contributed by atoms with E-state index < -0.39 is 0 Å². The number of benzene rings is 1. The maximum absolute atomic E-state index is 12.2. The zero-order valence-corrected chi connectivity index (χ0v) is 13.9. The van der Waals surface area contributed by atoms with Crippen LogP contribution in [0.5, 0.6) is 5.75 Å². The van der Waals surface area contributed by atoms with Crippen LogP contribution in [0, 0.1) is 12.8 Å². The number of aryl methyl sites for hydroxylation is 1. The Morgan fingerprint density at radius 2 is 1.91 bits per heavy atom. The first-order chi connectivity index (χ1) is 10.4. The van der Waals surface area contributed by atoms with Crippen molar-refractivity contribution in [2.24, 2.45) is 5.92 Å². The largest absolute Gasteiger partial charge is 0.425 e. The molecule has 1 fully saturated rings. The Morgan fingerprint density at radius 1 is 1.27 bits per heavy atom. The minimum absolute atomic E-state index is 0.0200. The van der Waals surface area contributed by atoms with Gasteiger partial charge in [-0.1, -0.05) is 17.7 Å². The van der Waals surface area contributed by atoms with Gasteiger partial charge in [0.05, 0.1) is 10.9 Å². The first-order valence-electron chi connectivity index (χ1n) is 7.32. The average molecular weight is 325 g/mol. The smallest absolute Gasteiger partial charge is 0.319 e. The van der Waals surface area contributed by atoms with Crippen molar-refractivity contribution in [3.05, 3.63) is 28.8 Å². The Hall–Kier alpha value is -1.75. The maximum Gasteiger partial charge on any atom is 0.319 e. The lowest BCUT2D eigenvalue weighted by Crippen LogP contribution is -2.45. The number of rotatable bonds is 2. The van der Waals surface area contributed by atoms with Crippen molar-refractivity contribution in [3.63, 3.8) is 0 Å². The Labute approximate surface area is 135 Å². The number of likely N-dealkylation sites (tertiary alicyclic amines) is 1. The van der Waals surface area contributed by atoms with Gasteiger partial charge in [-0.3, -0.25) is 4.79 Å². The molecule has 2 rings (SSSR count). The molecule has 0 atom stereocenters. The first-order valence-corrected chi connectivity index (χ1v) is 7.70. The van der Waals surface area contributed by atoms with Crippen LogP contribution in [0.4, 0.5) is 4.79 Å². The van der Waals surface area contributed by atoms with Crippen molar-refractivity contribution < 1.29 is 14.3 Å². The van der Waals surface area contributed by atoms with Crippen LogP contribution in [0.2, 0.25) is 5.02 Å². The number of halogens is 1. The van der Waals surface area contributed by atoms with E-state index in [0.717, 1.165) is 5.56 Å². The highest BCUT2D eigenvalue weighted by Gasteiger charge is 2.29. The zero-order chi connectivity index (χ0) is 16.3. The highest BCUT2D eigenvalue weighted by molar-refractivity contribution is 6.32. The fourth-order valence-electron chi connectivity index (χ4n) is 2.47. The van der Waals surface area contributed by atoms with E-state index >= 15 is 0 Å². The van der Waals surface area contributed by atoms with Crippen molar-refractivity contribution in [2.75, 3.05) is 27.2 Å². The van der Waals surface area contributed by atoms with Gasteiger partial charge >= 0.3 is 12.0 Å². The molecule has 120 valence electrons. The Balaban J connectivity index is 1.91. The van der Waals surface area contributed by atoms with E-state index in [2.05, 4.69) is 0 Å². The van der Waals surface area contributed by atoms with Gasteiger partial charge in [-0.05, 0) is 37.5 Å². The molecule has 0 bridgehead atoms. The van der Waals surface area contributed by atoms with Crippen LogP contribution in [0.15, 0.2) is 18.2 Å². The summed E-state index contributed by atoms with van der Waals surface area (Å²) in [7, 11) is 3.45. The normalized spacial score (nSPS) is 15.5. The average Bonchev–Trinajstić information content (AvgIpc) is 2.49. The molecule has 0 spiro atoms. The second kappa shape index (κ2) is 7.01. The van der Waals surface area contributed by atoms with Gasteiger partial charge in [0.1, 0.15) is 5.75 Å². The van der Waals surface area contributed by atoms with Crippen LogP contribution >= 0.6 is 11.6 Å². The molecular weight excluding hydrogens is 304 g/mol. The molecule has 1 aromatic carbocycles. The number of esters is 1. The molecule has 0 aliphatic carbocycles. The molecule has 0 N–H and O–H groups in total. The first kappa shape index (κ1) is 16.6. The molecule has 6 heteroatoms. The van der Waals surface area contributed by atoms with E-state index in [4.69, 9.17) is 16.3 Å². The quantitative estimate of drug-likeness (QED) is 0.621. The summed E-state index contributed by atoms with van der Waals surface area (Å²) in [5.74, 6) is -0.0737. The molecule has 1 heterocycles. The molecule has 1 aromatic rings. The second-order valence-corrected chi connectivity index (χ2v) is 6.20. The lowest BCUT2D eigenvalue weighted by Gasteiger charge is -2.32. The number of nitrogens with zero attached hydrogens (tertiary/aromatic N) is 2. The molecule has 0 saturated carbocycles. The van der Waals surface area contributed by atoms with Crippen LogP contribution in [0.25, 0.3) is 0 Å². The van der Waals surface area contributed by atoms with Gasteiger partial charge in [-0.15, -0.1) is 0 Å². The maximum atomic E-state index is 12.2. The summed E-state index contributed by atoms with van der Waals surface area (Å²) in [5.41, 5.74) is 1.01. The van der Waals surface area contributed by atoms with Crippen molar-refractivity contribution in [3.8, 4) is 5.75 Å². The summed E-state index contributed by atoms with van der Waals surface area (Å²) >= 11 is 6.08. The number of piperidine rings is 1. The fraction of sp³-hybridized carbons (Fsp3) is 0.500. The summed E-state index contributed by atoms with van der Waals surface area (Å²) in [5, 5.41) is 0.438. The molecule has 2 amide bonds. The van der Waals surface area contributed by atoms with Gasteiger partial charge in [0.15, 0.2) is 0 Å². The molecule has 1 aliphatic rings. The molecule has 0 unspecified atom stereocenters. The van der Waals surface area contributed by atoms with E-state index in [1.165, 1.54) is 0 Å². The number of carbonyl (C=O) groups is 2. The van der Waals surface area contributed by atoms with E-state index in [0.29, 0.717) is 36.7 Å². The monoisotopic (exact) mass is 324 g/mol. The van der Waals surface area contributed by atoms with Crippen molar-refractivity contribution >= 4 is 23.6 Å². The van der Waals surface area contributed by atoms with Crippen LogP contribution < -0.4 is 4.74 Å². The standard InChI is InChI=1S/C16H21ClN2O3/c1-11-4-5-14(13(17)10-11)22-15(20)12-6-8-19(9-7-12)16(21)18(2)3/h4-5,10,12H,6-9H2,1-3H3. The molecule has 22 heavy (non-hydrogen) atoms. The third-order valence-electron chi connectivity index (χ3n) is 3.78. The van der Waals surface area contributed by atoms with Crippen molar-refractivity contribution in [2.45, 2.75) is 19.8 Å². The van der Waals surface area contributed by atoms with Gasteiger partial charge in [0.2, 0.25) is 0 Å². The molecule has 1 aliphatic heterocycles. The lowest BCUT2D eigenvalue weighted by molar-refractivity contribution is -0.140. The Bertz CT molecular complexity index is 567. The fourth-order valence-corrected chi connectivity index (χ4v) is 2.74. The minimum Gasteiger partial charge on any atom is -0.425 e. The van der Waals surface area contributed by atoms with Crippen LogP contribution in [-0.2, 0) is 4.79 Å². The molecule has 1 saturated heterocycles. The topological polar surface area (TPSA) is 49.9 Å². The number of hydrogen-bond acceptors (Lipinski definition) is 3. The summed E-state index contributed by atoms with van der Waals surface area (Å²) < 4.78 is 5.40. The summed E-state index contributed by atoms with van der Waals surface area (Å²) in [6, 6.07) is 5.31. The Kier molecular flexibility index (Phi) is 5.29. The van der Waals surface area contributed by atoms with Crippen LogP contribution in [0.3, 0.4) is 0 Å². The van der Waals surface area contributed by atoms with Gasteiger partial charge in [-0.25, -0.2) is 4.79 Å². The molecular formula is C16H21ClN2O3. The SMILES string of the molecule is Cc1ccc(OC(=O)C2CCN(C(=O)N(C)C)CC2)c(Cl)c1. The highest BCUT2D eigenvalue weighted by Crippen LogP contribution is 2.27. The number of ether oxygens (including phenoxy) is 1. The molecule has 5 nitrogen and oxygen atoms in total. The molecule has 0 radical (unpaired) electrons. The summed E-state index contributed by atoms with van der Waals surface area (Å²) in [4.78, 5) is 27.4. The van der Waals surface area contributed by atoms with Crippen molar-refractivity contribution in [1.29, 1.82) is 0 Å². The van der Waals surface area contributed by atoms with E-state index in [-0.39, 0.29) is 17.9 Å². The summed E-state index contributed by atoms with van der Waals surface area (Å²) in [6.07, 6.45) is 1.23. The van der Waals surface area contributed by atoms with Crippen molar-refractivity contribution in [1.82, 2.24) is 9.80 Å².